The molecule has 11 heavy (non-hydrogen) atoms. The lowest BCUT2D eigenvalue weighted by Gasteiger charge is -2.07. The molecule has 2 N–H and O–H groups in total. The maximum absolute atomic E-state index is 8.68. The summed E-state index contributed by atoms with van der Waals surface area (Å²) in [7, 11) is 0. The van der Waals surface area contributed by atoms with Crippen molar-refractivity contribution in [2.75, 3.05) is 11.9 Å². The van der Waals surface area contributed by atoms with Crippen LogP contribution in [0.2, 0.25) is 5.15 Å². The average Bonchev–Trinajstić information content (AvgIpc) is 2.35. The lowest BCUT2D eigenvalue weighted by Crippen LogP contribution is -2.18. The highest BCUT2D eigenvalue weighted by molar-refractivity contribution is 7.14. The number of thiazole rings is 1. The smallest absolute Gasteiger partial charge is 0.184 e. The van der Waals surface area contributed by atoms with Gasteiger partial charge in [0.25, 0.3) is 0 Å². The van der Waals surface area contributed by atoms with Crippen LogP contribution in [0.3, 0.4) is 0 Å². The number of nitrogens with zero attached hydrogens (tertiary/aromatic N) is 1. The molecule has 5 heteroatoms. The Morgan fingerprint density at radius 1 is 1.91 bits per heavy atom. The molecule has 1 unspecified atom stereocenters. The first-order valence-corrected chi connectivity index (χ1v) is 4.46. The van der Waals surface area contributed by atoms with Crippen molar-refractivity contribution in [3.05, 3.63) is 10.5 Å². The molecule has 0 aliphatic carbocycles. The maximum atomic E-state index is 8.68. The van der Waals surface area contributed by atoms with Gasteiger partial charge in [0.1, 0.15) is 5.15 Å². The van der Waals surface area contributed by atoms with Gasteiger partial charge in [0.15, 0.2) is 5.13 Å². The minimum Gasteiger partial charge on any atom is -0.394 e. The van der Waals surface area contributed by atoms with E-state index < -0.39 is 0 Å². The van der Waals surface area contributed by atoms with E-state index in [2.05, 4.69) is 10.3 Å². The number of aliphatic hydroxyl groups excluding tert-OH is 1. The Morgan fingerprint density at radius 2 is 2.64 bits per heavy atom. The second-order valence-electron chi connectivity index (χ2n) is 2.20. The Balaban J connectivity index is 2.50. The summed E-state index contributed by atoms with van der Waals surface area (Å²) in [5.74, 6) is 0. The van der Waals surface area contributed by atoms with Gasteiger partial charge in [-0.1, -0.05) is 11.6 Å². The highest BCUT2D eigenvalue weighted by Gasteiger charge is 2.02. The molecular formula is C6H9ClN2OS. The SMILES string of the molecule is CC(CO)Nc1nc(Cl)cs1. The van der Waals surface area contributed by atoms with E-state index in [4.69, 9.17) is 16.7 Å². The fourth-order valence-electron chi connectivity index (χ4n) is 0.577. The molecule has 3 nitrogen and oxygen atoms in total. The zero-order chi connectivity index (χ0) is 8.27. The van der Waals surface area contributed by atoms with Crippen molar-refractivity contribution in [3.8, 4) is 0 Å². The summed E-state index contributed by atoms with van der Waals surface area (Å²) in [6.07, 6.45) is 0. The van der Waals surface area contributed by atoms with Crippen LogP contribution in [0.25, 0.3) is 0 Å². The predicted octanol–water partition coefficient (Wildman–Crippen LogP) is 1.59. The van der Waals surface area contributed by atoms with Crippen molar-refractivity contribution < 1.29 is 5.11 Å². The quantitative estimate of drug-likeness (QED) is 0.765. The van der Waals surface area contributed by atoms with Crippen molar-refractivity contribution >= 4 is 28.1 Å². The number of aromatic nitrogens is 1. The molecule has 0 radical (unpaired) electrons. The maximum Gasteiger partial charge on any atom is 0.184 e. The zero-order valence-corrected chi connectivity index (χ0v) is 7.61. The number of halogens is 1. The second-order valence-corrected chi connectivity index (χ2v) is 3.45. The largest absolute Gasteiger partial charge is 0.394 e. The first kappa shape index (κ1) is 8.77. The molecule has 0 saturated carbocycles. The van der Waals surface area contributed by atoms with Crippen LogP contribution >= 0.6 is 22.9 Å². The van der Waals surface area contributed by atoms with Crippen LogP contribution in [0.1, 0.15) is 6.92 Å². The van der Waals surface area contributed by atoms with Crippen LogP contribution < -0.4 is 5.32 Å². The van der Waals surface area contributed by atoms with Crippen LogP contribution in [-0.2, 0) is 0 Å². The molecule has 0 bridgehead atoms. The number of rotatable bonds is 3. The lowest BCUT2D eigenvalue weighted by atomic mass is 10.4. The van der Waals surface area contributed by atoms with Gasteiger partial charge >= 0.3 is 0 Å². The fourth-order valence-corrected chi connectivity index (χ4v) is 1.53. The van der Waals surface area contributed by atoms with Crippen LogP contribution in [0.4, 0.5) is 5.13 Å². The van der Waals surface area contributed by atoms with E-state index in [1.165, 1.54) is 11.3 Å². The standard InChI is InChI=1S/C6H9ClN2OS/c1-4(2-10)8-6-9-5(7)3-11-6/h3-4,10H,2H2,1H3,(H,8,9). The molecule has 0 spiro atoms. The Bertz CT molecular complexity index is 228. The van der Waals surface area contributed by atoms with Crippen molar-refractivity contribution in [3.63, 3.8) is 0 Å². The topological polar surface area (TPSA) is 45.1 Å². The molecule has 0 aliphatic rings. The summed E-state index contributed by atoms with van der Waals surface area (Å²) in [6.45, 7) is 1.96. The van der Waals surface area contributed by atoms with Gasteiger partial charge in [0.05, 0.1) is 6.61 Å². The monoisotopic (exact) mass is 192 g/mol. The average molecular weight is 193 g/mol. The van der Waals surface area contributed by atoms with Crippen LogP contribution in [0, 0.1) is 0 Å². The third-order valence-electron chi connectivity index (χ3n) is 1.12. The molecule has 1 aromatic heterocycles. The highest BCUT2D eigenvalue weighted by atomic mass is 35.5. The molecular weight excluding hydrogens is 184 g/mol. The van der Waals surface area contributed by atoms with Crippen LogP contribution in [-0.4, -0.2) is 22.7 Å². The van der Waals surface area contributed by atoms with E-state index in [9.17, 15) is 0 Å². The van der Waals surface area contributed by atoms with Crippen LogP contribution in [0.15, 0.2) is 5.38 Å². The van der Waals surface area contributed by atoms with Gasteiger partial charge in [0.2, 0.25) is 0 Å². The third-order valence-corrected chi connectivity index (χ3v) is 2.22. The molecule has 1 heterocycles. The van der Waals surface area contributed by atoms with Gasteiger partial charge in [-0.3, -0.25) is 0 Å². The number of anilines is 1. The Hall–Kier alpha value is -0.320. The van der Waals surface area contributed by atoms with Crippen molar-refractivity contribution in [2.24, 2.45) is 0 Å². The third kappa shape index (κ3) is 2.65. The van der Waals surface area contributed by atoms with Gasteiger partial charge in [-0.05, 0) is 6.92 Å². The Labute approximate surface area is 74.0 Å². The van der Waals surface area contributed by atoms with Crippen molar-refractivity contribution in [2.45, 2.75) is 13.0 Å². The molecule has 1 atom stereocenters. The number of nitrogens with one attached hydrogen (secondary N) is 1. The molecule has 1 rings (SSSR count). The number of hydrogen-bond acceptors (Lipinski definition) is 4. The summed E-state index contributed by atoms with van der Waals surface area (Å²) in [5.41, 5.74) is 0. The first-order valence-electron chi connectivity index (χ1n) is 3.21. The minimum absolute atomic E-state index is 0.0252. The van der Waals surface area contributed by atoms with E-state index in [1.54, 1.807) is 5.38 Å². The molecule has 0 aliphatic heterocycles. The van der Waals surface area contributed by atoms with Gasteiger partial charge in [0, 0.05) is 11.4 Å². The van der Waals surface area contributed by atoms with E-state index >= 15 is 0 Å². The van der Waals surface area contributed by atoms with E-state index in [1.807, 2.05) is 6.92 Å². The summed E-state index contributed by atoms with van der Waals surface area (Å²) in [6, 6.07) is 0.0252. The normalized spacial score (nSPS) is 13.0. The number of hydrogen-bond donors (Lipinski definition) is 2. The van der Waals surface area contributed by atoms with E-state index in [-0.39, 0.29) is 12.6 Å². The number of aliphatic hydroxyl groups is 1. The Morgan fingerprint density at radius 3 is 3.09 bits per heavy atom. The first-order chi connectivity index (χ1) is 5.22. The van der Waals surface area contributed by atoms with Gasteiger partial charge in [-0.2, -0.15) is 0 Å². The van der Waals surface area contributed by atoms with Gasteiger partial charge < -0.3 is 10.4 Å². The molecule has 0 amide bonds. The molecule has 0 fully saturated rings. The highest BCUT2D eigenvalue weighted by Crippen LogP contribution is 2.19. The molecule has 0 aromatic carbocycles. The minimum atomic E-state index is 0.0252. The van der Waals surface area contributed by atoms with Gasteiger partial charge in [-0.15, -0.1) is 11.3 Å². The van der Waals surface area contributed by atoms with E-state index in [0.29, 0.717) is 5.15 Å². The lowest BCUT2D eigenvalue weighted by molar-refractivity contribution is 0.281. The Kier molecular flexibility index (Phi) is 3.11. The summed E-state index contributed by atoms with van der Waals surface area (Å²) < 4.78 is 0. The predicted molar refractivity (Wildman–Crippen MR) is 47.3 cm³/mol. The zero-order valence-electron chi connectivity index (χ0n) is 6.04. The summed E-state index contributed by atoms with van der Waals surface area (Å²) in [4.78, 5) is 3.96. The van der Waals surface area contributed by atoms with Crippen LogP contribution in [0.5, 0.6) is 0 Å². The molecule has 62 valence electrons. The summed E-state index contributed by atoms with van der Waals surface area (Å²) >= 11 is 7.01. The molecule has 1 aromatic rings. The second kappa shape index (κ2) is 3.90. The van der Waals surface area contributed by atoms with Crippen molar-refractivity contribution in [1.82, 2.24) is 4.98 Å². The van der Waals surface area contributed by atoms with E-state index in [0.717, 1.165) is 5.13 Å². The summed E-state index contributed by atoms with van der Waals surface area (Å²) in [5, 5.41) is 14.6. The van der Waals surface area contributed by atoms with Crippen molar-refractivity contribution in [1.29, 1.82) is 0 Å². The fraction of sp³-hybridized carbons (Fsp3) is 0.500. The molecule has 0 saturated heterocycles. The van der Waals surface area contributed by atoms with Gasteiger partial charge in [-0.25, -0.2) is 4.98 Å².